The molecule has 3 rings (SSSR count). The van der Waals surface area contributed by atoms with Crippen LogP contribution >= 0.6 is 28.3 Å². The number of phenolic OH excluding ortho intramolecular Hbond substituents is 1. The topological polar surface area (TPSA) is 77.9 Å². The fourth-order valence-corrected chi connectivity index (χ4v) is 3.47. The predicted molar refractivity (Wildman–Crippen MR) is 113 cm³/mol. The number of ether oxygens (including phenoxy) is 3. The number of hydrogen-bond donors (Lipinski definition) is 1. The third kappa shape index (κ3) is 3.86. The lowest BCUT2D eigenvalue weighted by Crippen LogP contribution is -2.05. The van der Waals surface area contributed by atoms with Gasteiger partial charge in [-0.15, -0.1) is 12.4 Å². The summed E-state index contributed by atoms with van der Waals surface area (Å²) in [6.07, 6.45) is 2.99. The number of carbonyl (C=O) groups excluding carboxylic acids is 1. The number of nitrogens with zero attached hydrogens (tertiary/aromatic N) is 1. The highest BCUT2D eigenvalue weighted by atomic mass is 79.9. The van der Waals surface area contributed by atoms with Gasteiger partial charge in [0.05, 0.1) is 25.3 Å². The molecule has 0 saturated heterocycles. The van der Waals surface area contributed by atoms with Crippen molar-refractivity contribution >= 4 is 44.9 Å². The minimum absolute atomic E-state index is 0. The summed E-state index contributed by atoms with van der Waals surface area (Å²) in [5, 5.41) is 11.5. The van der Waals surface area contributed by atoms with E-state index in [1.54, 1.807) is 24.3 Å². The first kappa shape index (κ1) is 21.8. The van der Waals surface area contributed by atoms with Gasteiger partial charge in [0.1, 0.15) is 0 Å². The van der Waals surface area contributed by atoms with Crippen molar-refractivity contribution in [3.05, 3.63) is 52.3 Å². The van der Waals surface area contributed by atoms with Gasteiger partial charge in [0.15, 0.2) is 28.8 Å². The summed E-state index contributed by atoms with van der Waals surface area (Å²) in [6.45, 7) is 2.25. The van der Waals surface area contributed by atoms with Crippen LogP contribution in [0.25, 0.3) is 10.8 Å². The number of aromatic nitrogens is 1. The molecule has 1 aromatic heterocycles. The molecule has 0 aliphatic carbocycles. The Kier molecular flexibility index (Phi) is 7.10. The summed E-state index contributed by atoms with van der Waals surface area (Å²) < 4.78 is 16.6. The second kappa shape index (κ2) is 9.12. The van der Waals surface area contributed by atoms with Gasteiger partial charge in [0, 0.05) is 28.9 Å². The van der Waals surface area contributed by atoms with Gasteiger partial charge in [-0.05, 0) is 52.5 Å². The number of phenols is 1. The van der Waals surface area contributed by atoms with Gasteiger partial charge in [0.25, 0.3) is 0 Å². The first-order chi connectivity index (χ1) is 13.0. The standard InChI is InChI=1S/C20H18BrNO5.ClH/c1-4-27-16-6-5-12-13(9-22-10-14(12)19(16)24)18(23)11-7-15(21)20(26-3)17(8-11)25-2;/h5-10,24H,4H2,1-3H3;1H. The molecule has 1 N–H and O–H groups in total. The van der Waals surface area contributed by atoms with Gasteiger partial charge < -0.3 is 19.3 Å². The van der Waals surface area contributed by atoms with Crippen LogP contribution in [-0.4, -0.2) is 36.7 Å². The van der Waals surface area contributed by atoms with Gasteiger partial charge in [-0.3, -0.25) is 9.78 Å². The highest BCUT2D eigenvalue weighted by Gasteiger charge is 2.20. The van der Waals surface area contributed by atoms with Crippen molar-refractivity contribution in [1.29, 1.82) is 0 Å². The number of pyridine rings is 1. The Morgan fingerprint density at radius 1 is 1.11 bits per heavy atom. The highest BCUT2D eigenvalue weighted by Crippen LogP contribution is 2.39. The Labute approximate surface area is 177 Å². The zero-order chi connectivity index (χ0) is 19.6. The third-order valence-corrected chi connectivity index (χ3v) is 4.71. The quantitative estimate of drug-likeness (QED) is 0.525. The lowest BCUT2D eigenvalue weighted by atomic mass is 9.98. The maximum atomic E-state index is 13.1. The van der Waals surface area contributed by atoms with Gasteiger partial charge >= 0.3 is 0 Å². The minimum atomic E-state index is -0.252. The molecule has 148 valence electrons. The van der Waals surface area contributed by atoms with E-state index in [9.17, 15) is 9.90 Å². The third-order valence-electron chi connectivity index (χ3n) is 4.12. The van der Waals surface area contributed by atoms with Crippen molar-refractivity contribution in [1.82, 2.24) is 4.98 Å². The van der Waals surface area contributed by atoms with Crippen LogP contribution in [0.5, 0.6) is 23.0 Å². The number of methoxy groups -OCH3 is 2. The molecule has 0 aliphatic rings. The van der Waals surface area contributed by atoms with Gasteiger partial charge in [-0.25, -0.2) is 0 Å². The number of benzene rings is 2. The average molecular weight is 469 g/mol. The molecule has 0 radical (unpaired) electrons. The Morgan fingerprint density at radius 3 is 2.50 bits per heavy atom. The van der Waals surface area contributed by atoms with E-state index in [0.717, 1.165) is 0 Å². The van der Waals surface area contributed by atoms with Crippen LogP contribution in [0.1, 0.15) is 22.8 Å². The fraction of sp³-hybridized carbons (Fsp3) is 0.200. The van der Waals surface area contributed by atoms with Crippen molar-refractivity contribution in [2.45, 2.75) is 6.92 Å². The second-order valence-corrected chi connectivity index (χ2v) is 6.50. The lowest BCUT2D eigenvalue weighted by molar-refractivity contribution is 0.103. The van der Waals surface area contributed by atoms with E-state index in [1.807, 2.05) is 6.92 Å². The smallest absolute Gasteiger partial charge is 0.195 e. The molecule has 3 aromatic rings. The number of aromatic hydroxyl groups is 1. The number of hydrogen-bond acceptors (Lipinski definition) is 6. The van der Waals surface area contributed by atoms with E-state index in [1.165, 1.54) is 26.6 Å². The molecule has 0 saturated carbocycles. The summed E-state index contributed by atoms with van der Waals surface area (Å²) in [5.74, 6) is 1.00. The Bertz CT molecular complexity index is 1030. The monoisotopic (exact) mass is 467 g/mol. The van der Waals surface area contributed by atoms with Gasteiger partial charge in [-0.2, -0.15) is 0 Å². The van der Waals surface area contributed by atoms with Crippen LogP contribution < -0.4 is 14.2 Å². The first-order valence-corrected chi connectivity index (χ1v) is 8.99. The molecule has 0 atom stereocenters. The maximum absolute atomic E-state index is 13.1. The van der Waals surface area contributed by atoms with Crippen LogP contribution in [0, 0.1) is 0 Å². The average Bonchev–Trinajstić information content (AvgIpc) is 2.68. The summed E-state index contributed by atoms with van der Waals surface area (Å²) in [5.41, 5.74) is 0.771. The van der Waals surface area contributed by atoms with Crippen LogP contribution in [0.3, 0.4) is 0 Å². The van der Waals surface area contributed by atoms with E-state index in [4.69, 9.17) is 14.2 Å². The van der Waals surface area contributed by atoms with Gasteiger partial charge in [-0.1, -0.05) is 0 Å². The van der Waals surface area contributed by atoms with Crippen molar-refractivity contribution in [2.24, 2.45) is 0 Å². The summed E-state index contributed by atoms with van der Waals surface area (Å²) in [6, 6.07) is 6.66. The fourth-order valence-electron chi connectivity index (χ4n) is 2.87. The Balaban J connectivity index is 0.00000280. The molecule has 0 unspecified atom stereocenters. The van der Waals surface area contributed by atoms with E-state index in [-0.39, 0.29) is 23.9 Å². The van der Waals surface area contributed by atoms with Crippen LogP contribution in [0.4, 0.5) is 0 Å². The Hall–Kier alpha value is -2.51. The molecule has 1 heterocycles. The molecule has 2 aromatic carbocycles. The van der Waals surface area contributed by atoms with Crippen molar-refractivity contribution in [2.75, 3.05) is 20.8 Å². The van der Waals surface area contributed by atoms with E-state index >= 15 is 0 Å². The number of halogens is 2. The van der Waals surface area contributed by atoms with E-state index in [0.29, 0.717) is 50.2 Å². The molecule has 8 heteroatoms. The van der Waals surface area contributed by atoms with Crippen molar-refractivity contribution in [3.8, 4) is 23.0 Å². The summed E-state index contributed by atoms with van der Waals surface area (Å²) in [7, 11) is 3.03. The van der Waals surface area contributed by atoms with Crippen LogP contribution in [-0.2, 0) is 0 Å². The minimum Gasteiger partial charge on any atom is -0.504 e. The first-order valence-electron chi connectivity index (χ1n) is 8.20. The molecule has 0 fully saturated rings. The van der Waals surface area contributed by atoms with Crippen molar-refractivity contribution in [3.63, 3.8) is 0 Å². The maximum Gasteiger partial charge on any atom is 0.195 e. The summed E-state index contributed by atoms with van der Waals surface area (Å²) >= 11 is 3.40. The van der Waals surface area contributed by atoms with Crippen LogP contribution in [0.2, 0.25) is 0 Å². The zero-order valence-electron chi connectivity index (χ0n) is 15.5. The predicted octanol–water partition coefficient (Wildman–Crippen LogP) is 4.77. The molecule has 28 heavy (non-hydrogen) atoms. The Morgan fingerprint density at radius 2 is 1.86 bits per heavy atom. The molecule has 0 bridgehead atoms. The molecule has 0 aliphatic heterocycles. The molecular formula is C20H19BrClNO5. The van der Waals surface area contributed by atoms with Crippen LogP contribution in [0.15, 0.2) is 41.1 Å². The second-order valence-electron chi connectivity index (χ2n) is 5.65. The SMILES string of the molecule is CCOc1ccc2c(C(=O)c3cc(Br)c(OC)c(OC)c3)cncc2c1O.Cl. The normalized spacial score (nSPS) is 10.3. The number of fused-ring (bicyclic) bond motifs is 1. The van der Waals surface area contributed by atoms with E-state index < -0.39 is 0 Å². The van der Waals surface area contributed by atoms with Crippen molar-refractivity contribution < 1.29 is 24.1 Å². The lowest BCUT2D eigenvalue weighted by Gasteiger charge is -2.13. The highest BCUT2D eigenvalue weighted by molar-refractivity contribution is 9.10. The molecular weight excluding hydrogens is 450 g/mol. The molecule has 6 nitrogen and oxygen atoms in total. The number of ketones is 1. The molecule has 0 amide bonds. The number of carbonyl (C=O) groups is 1. The molecule has 0 spiro atoms. The van der Waals surface area contributed by atoms with Gasteiger partial charge in [0.2, 0.25) is 0 Å². The number of rotatable bonds is 6. The largest absolute Gasteiger partial charge is 0.504 e. The zero-order valence-corrected chi connectivity index (χ0v) is 17.9. The van der Waals surface area contributed by atoms with E-state index in [2.05, 4.69) is 20.9 Å². The summed E-state index contributed by atoms with van der Waals surface area (Å²) in [4.78, 5) is 17.2.